The summed E-state index contributed by atoms with van der Waals surface area (Å²) in [5.74, 6) is -1.25. The van der Waals surface area contributed by atoms with E-state index in [0.29, 0.717) is 24.2 Å². The molecule has 0 N–H and O–H groups in total. The molecule has 1 heterocycles. The third-order valence-electron chi connectivity index (χ3n) is 2.97. The van der Waals surface area contributed by atoms with Crippen LogP contribution in [0.15, 0.2) is 36.5 Å². The number of carbonyl (C=O) groups excluding carboxylic acids is 1. The number of carboxylic acids is 1. The van der Waals surface area contributed by atoms with Crippen LogP contribution in [0, 0.1) is 18.3 Å². The molecule has 1 aromatic carbocycles. The van der Waals surface area contributed by atoms with Crippen molar-refractivity contribution in [1.82, 2.24) is 9.78 Å². The predicted octanol–water partition coefficient (Wildman–Crippen LogP) is 1.54. The maximum absolute atomic E-state index is 10.6. The molecule has 2 aromatic rings. The van der Waals surface area contributed by atoms with E-state index in [1.807, 2.05) is 31.2 Å². The zero-order valence-electron chi connectivity index (χ0n) is 11.6. The molecule has 0 amide bonds. The Hall–Kier alpha value is -2.87. The molecule has 0 aliphatic rings. The first kappa shape index (κ1) is 14.5. The Morgan fingerprint density at radius 3 is 2.76 bits per heavy atom. The summed E-state index contributed by atoms with van der Waals surface area (Å²) in [5.41, 5.74) is 3.40. The van der Waals surface area contributed by atoms with Gasteiger partial charge in [-0.3, -0.25) is 4.68 Å². The van der Waals surface area contributed by atoms with Gasteiger partial charge in [-0.1, -0.05) is 29.8 Å². The fraction of sp³-hybridized carbons (Fsp3) is 0.188. The van der Waals surface area contributed by atoms with E-state index in [0.717, 1.165) is 17.2 Å². The van der Waals surface area contributed by atoms with E-state index < -0.39 is 5.97 Å². The average Bonchev–Trinajstić information content (AvgIpc) is 2.87. The molecule has 106 valence electrons. The normalized spacial score (nSPS) is 10.7. The molecule has 0 saturated carbocycles. The minimum atomic E-state index is -1.25. The van der Waals surface area contributed by atoms with Gasteiger partial charge in [-0.05, 0) is 19.1 Å². The van der Waals surface area contributed by atoms with E-state index in [1.165, 1.54) is 6.08 Å². The van der Waals surface area contributed by atoms with Gasteiger partial charge in [0.15, 0.2) is 0 Å². The first-order chi connectivity index (χ1) is 10.1. The Morgan fingerprint density at radius 2 is 2.14 bits per heavy atom. The molecule has 0 fully saturated rings. The number of aryl methyl sites for hydroxylation is 2. The third-order valence-corrected chi connectivity index (χ3v) is 2.97. The molecule has 1 aromatic heterocycles. The highest BCUT2D eigenvalue weighted by atomic mass is 16.4. The van der Waals surface area contributed by atoms with Gasteiger partial charge < -0.3 is 9.90 Å². The van der Waals surface area contributed by atoms with Crippen LogP contribution in [-0.4, -0.2) is 15.7 Å². The van der Waals surface area contributed by atoms with Crippen molar-refractivity contribution in [3.05, 3.63) is 47.7 Å². The molecule has 0 radical (unpaired) electrons. The maximum atomic E-state index is 10.6. The minimum Gasteiger partial charge on any atom is -0.545 e. The Bertz CT molecular complexity index is 706. The summed E-state index contributed by atoms with van der Waals surface area (Å²) in [6, 6.07) is 9.86. The average molecular weight is 280 g/mol. The fourth-order valence-corrected chi connectivity index (χ4v) is 1.93. The second-order valence-corrected chi connectivity index (χ2v) is 4.62. The Balaban J connectivity index is 2.41. The van der Waals surface area contributed by atoms with E-state index >= 15 is 0 Å². The van der Waals surface area contributed by atoms with Crippen molar-refractivity contribution in [3.8, 4) is 17.3 Å². The van der Waals surface area contributed by atoms with Gasteiger partial charge in [-0.15, -0.1) is 0 Å². The van der Waals surface area contributed by atoms with E-state index in [-0.39, 0.29) is 0 Å². The summed E-state index contributed by atoms with van der Waals surface area (Å²) in [4.78, 5) is 10.6. The molecule has 5 heteroatoms. The van der Waals surface area contributed by atoms with Crippen molar-refractivity contribution in [2.75, 3.05) is 0 Å². The third kappa shape index (κ3) is 3.80. The second-order valence-electron chi connectivity index (χ2n) is 4.62. The lowest BCUT2D eigenvalue weighted by Crippen LogP contribution is -2.18. The van der Waals surface area contributed by atoms with Crippen LogP contribution in [0.1, 0.15) is 17.5 Å². The molecule has 0 saturated heterocycles. The zero-order chi connectivity index (χ0) is 15.2. The smallest absolute Gasteiger partial charge is 0.0995 e. The van der Waals surface area contributed by atoms with Gasteiger partial charge >= 0.3 is 0 Å². The van der Waals surface area contributed by atoms with Gasteiger partial charge in [-0.2, -0.15) is 10.4 Å². The van der Waals surface area contributed by atoms with E-state index in [4.69, 9.17) is 5.26 Å². The lowest BCUT2D eigenvalue weighted by atomic mass is 10.1. The van der Waals surface area contributed by atoms with Crippen LogP contribution in [0.2, 0.25) is 0 Å². The lowest BCUT2D eigenvalue weighted by molar-refractivity contribution is -0.297. The van der Waals surface area contributed by atoms with E-state index in [2.05, 4.69) is 11.2 Å². The Labute approximate surface area is 122 Å². The van der Waals surface area contributed by atoms with Crippen LogP contribution in [0.25, 0.3) is 17.3 Å². The van der Waals surface area contributed by atoms with Crippen molar-refractivity contribution in [3.63, 3.8) is 0 Å². The number of rotatable bonds is 5. The van der Waals surface area contributed by atoms with Crippen LogP contribution in [-0.2, 0) is 11.3 Å². The number of hydrogen-bond donors (Lipinski definition) is 0. The van der Waals surface area contributed by atoms with Crippen molar-refractivity contribution >= 4 is 12.0 Å². The van der Waals surface area contributed by atoms with Crippen LogP contribution in [0.4, 0.5) is 0 Å². The number of benzene rings is 1. The Morgan fingerprint density at radius 1 is 1.43 bits per heavy atom. The fourth-order valence-electron chi connectivity index (χ4n) is 1.93. The van der Waals surface area contributed by atoms with Gasteiger partial charge in [0.2, 0.25) is 0 Å². The van der Waals surface area contributed by atoms with Gasteiger partial charge in [0, 0.05) is 17.3 Å². The van der Waals surface area contributed by atoms with Crippen molar-refractivity contribution in [2.45, 2.75) is 19.9 Å². The summed E-state index contributed by atoms with van der Waals surface area (Å²) in [6.07, 6.45) is 4.51. The molecule has 0 aliphatic heterocycles. The molecule has 21 heavy (non-hydrogen) atoms. The highest BCUT2D eigenvalue weighted by Gasteiger charge is 2.09. The standard InChI is InChI=1S/C16H15N3O2/c1-12-3-5-13(6-4-12)16-14(7-8-15(20)21)11-19(18-16)10-2-9-17/h3-8,11H,2,10H2,1H3,(H,20,21)/p-1/b8-7+. The minimum absolute atomic E-state index is 0.346. The molecule has 5 nitrogen and oxygen atoms in total. The van der Waals surface area contributed by atoms with Gasteiger partial charge in [0.05, 0.1) is 30.7 Å². The monoisotopic (exact) mass is 280 g/mol. The molecule has 0 bridgehead atoms. The van der Waals surface area contributed by atoms with Crippen LogP contribution >= 0.6 is 0 Å². The SMILES string of the molecule is Cc1ccc(-c2nn(CCC#N)cc2/C=C/C(=O)[O-])cc1. The van der Waals surface area contributed by atoms with Gasteiger partial charge in [0.25, 0.3) is 0 Å². The highest BCUT2D eigenvalue weighted by molar-refractivity contribution is 5.85. The zero-order valence-corrected chi connectivity index (χ0v) is 11.6. The maximum Gasteiger partial charge on any atom is 0.0995 e. The number of hydrogen-bond acceptors (Lipinski definition) is 4. The molecular formula is C16H14N3O2-. The van der Waals surface area contributed by atoms with Gasteiger partial charge in [0.1, 0.15) is 0 Å². The number of nitriles is 1. The number of aromatic nitrogens is 2. The second kappa shape index (κ2) is 6.53. The lowest BCUT2D eigenvalue weighted by Gasteiger charge is -2.00. The van der Waals surface area contributed by atoms with Gasteiger partial charge in [-0.25, -0.2) is 0 Å². The number of aliphatic carboxylic acids is 1. The molecule has 0 unspecified atom stereocenters. The van der Waals surface area contributed by atoms with E-state index in [1.54, 1.807) is 10.9 Å². The quantitative estimate of drug-likeness (QED) is 0.778. The molecule has 0 aliphatic carbocycles. The van der Waals surface area contributed by atoms with E-state index in [9.17, 15) is 9.90 Å². The summed E-state index contributed by atoms with van der Waals surface area (Å²) in [6.45, 7) is 2.46. The summed E-state index contributed by atoms with van der Waals surface area (Å²) in [7, 11) is 0. The van der Waals surface area contributed by atoms with Crippen molar-refractivity contribution in [1.29, 1.82) is 5.26 Å². The number of carbonyl (C=O) groups is 1. The number of carboxylic acid groups (broad SMARTS) is 1. The largest absolute Gasteiger partial charge is 0.545 e. The van der Waals surface area contributed by atoms with Crippen LogP contribution in [0.3, 0.4) is 0 Å². The predicted molar refractivity (Wildman–Crippen MR) is 76.7 cm³/mol. The summed E-state index contributed by atoms with van der Waals surface area (Å²) in [5, 5.41) is 23.6. The topological polar surface area (TPSA) is 81.7 Å². The highest BCUT2D eigenvalue weighted by Crippen LogP contribution is 2.23. The first-order valence-electron chi connectivity index (χ1n) is 6.50. The summed E-state index contributed by atoms with van der Waals surface area (Å²) >= 11 is 0. The molecule has 2 rings (SSSR count). The van der Waals surface area contributed by atoms with Crippen molar-refractivity contribution < 1.29 is 9.90 Å². The Kier molecular flexibility index (Phi) is 4.52. The molecular weight excluding hydrogens is 266 g/mol. The van der Waals surface area contributed by atoms with Crippen molar-refractivity contribution in [2.24, 2.45) is 0 Å². The molecule has 0 atom stereocenters. The molecule has 0 spiro atoms. The summed E-state index contributed by atoms with van der Waals surface area (Å²) < 4.78 is 1.65. The van der Waals surface area contributed by atoms with Crippen LogP contribution in [0.5, 0.6) is 0 Å². The first-order valence-corrected chi connectivity index (χ1v) is 6.50. The van der Waals surface area contributed by atoms with Crippen LogP contribution < -0.4 is 5.11 Å². The number of nitrogens with zero attached hydrogens (tertiary/aromatic N) is 3.